The minimum Gasteiger partial charge on any atom is -0.467 e. The minimum atomic E-state index is -0.267. The quantitative estimate of drug-likeness (QED) is 0.713. The molecule has 144 valence electrons. The number of amides is 1. The average molecular weight is 384 g/mol. The molecule has 2 aromatic carbocycles. The predicted molar refractivity (Wildman–Crippen MR) is 110 cm³/mol. The maximum Gasteiger partial charge on any atom is 0.262 e. The molecule has 0 saturated carbocycles. The van der Waals surface area contributed by atoms with Gasteiger partial charge in [0.25, 0.3) is 5.91 Å². The average Bonchev–Trinajstić information content (AvgIpc) is 3.43. The van der Waals surface area contributed by atoms with E-state index in [1.807, 2.05) is 43.3 Å². The number of carbonyl (C=O) groups excluding carboxylic acids is 1. The van der Waals surface area contributed by atoms with Gasteiger partial charge in [0.05, 0.1) is 30.2 Å². The summed E-state index contributed by atoms with van der Waals surface area (Å²) in [7, 11) is 0. The summed E-state index contributed by atoms with van der Waals surface area (Å²) >= 11 is 0. The molecule has 2 heterocycles. The summed E-state index contributed by atoms with van der Waals surface area (Å²) in [5.41, 5.74) is 4.38. The van der Waals surface area contributed by atoms with E-state index in [2.05, 4.69) is 16.5 Å². The largest absolute Gasteiger partial charge is 0.467 e. The lowest BCUT2D eigenvalue weighted by Gasteiger charge is -2.20. The number of nitriles is 1. The first-order valence-corrected chi connectivity index (χ1v) is 9.38. The molecule has 1 aliphatic heterocycles. The summed E-state index contributed by atoms with van der Waals surface area (Å²) < 4.78 is 5.57. The highest BCUT2D eigenvalue weighted by Gasteiger charge is 2.34. The van der Waals surface area contributed by atoms with E-state index >= 15 is 0 Å². The second-order valence-electron chi connectivity index (χ2n) is 6.93. The summed E-state index contributed by atoms with van der Waals surface area (Å²) in [6, 6.07) is 20.6. The van der Waals surface area contributed by atoms with E-state index in [4.69, 9.17) is 9.68 Å². The molecule has 0 radical (unpaired) electrons. The molecule has 1 amide bonds. The van der Waals surface area contributed by atoms with Crippen molar-refractivity contribution in [2.24, 2.45) is 5.10 Å². The number of hydrogen-bond donors (Lipinski definition) is 1. The van der Waals surface area contributed by atoms with Crippen molar-refractivity contribution in [2.75, 3.05) is 11.9 Å². The number of rotatable bonds is 5. The van der Waals surface area contributed by atoms with Crippen LogP contribution in [0, 0.1) is 18.3 Å². The van der Waals surface area contributed by atoms with Gasteiger partial charge in [-0.25, -0.2) is 5.01 Å². The molecule has 6 heteroatoms. The molecular formula is C23H20N4O2. The summed E-state index contributed by atoms with van der Waals surface area (Å²) in [5.74, 6) is 0.556. The Morgan fingerprint density at radius 2 is 1.97 bits per heavy atom. The smallest absolute Gasteiger partial charge is 0.262 e. The van der Waals surface area contributed by atoms with Gasteiger partial charge in [0.2, 0.25) is 0 Å². The van der Waals surface area contributed by atoms with Gasteiger partial charge < -0.3 is 9.73 Å². The van der Waals surface area contributed by atoms with Gasteiger partial charge in [-0.1, -0.05) is 29.8 Å². The standard InChI is InChI=1S/C23H20N4O2/c1-16-4-8-18(9-5-16)20-13-21(22-3-2-12-29-22)27(26-20)23(28)15-25-19-10-6-17(14-24)7-11-19/h2-12,21,25H,13,15H2,1H3. The molecule has 0 saturated heterocycles. The van der Waals surface area contributed by atoms with Crippen LogP contribution in [0.4, 0.5) is 5.69 Å². The maximum atomic E-state index is 12.9. The number of anilines is 1. The molecule has 1 unspecified atom stereocenters. The fraction of sp³-hybridized carbons (Fsp3) is 0.174. The van der Waals surface area contributed by atoms with Crippen LogP contribution in [-0.2, 0) is 4.79 Å². The Morgan fingerprint density at radius 1 is 1.21 bits per heavy atom. The number of aryl methyl sites for hydroxylation is 1. The molecule has 1 aliphatic rings. The van der Waals surface area contributed by atoms with Crippen molar-refractivity contribution in [3.05, 3.63) is 89.4 Å². The Bertz CT molecular complexity index is 1060. The van der Waals surface area contributed by atoms with Crippen molar-refractivity contribution >= 4 is 17.3 Å². The van der Waals surface area contributed by atoms with E-state index in [1.165, 1.54) is 10.6 Å². The zero-order chi connectivity index (χ0) is 20.2. The van der Waals surface area contributed by atoms with Crippen LogP contribution in [0.1, 0.15) is 34.9 Å². The molecular weight excluding hydrogens is 364 g/mol. The topological polar surface area (TPSA) is 81.6 Å². The molecule has 1 N–H and O–H groups in total. The predicted octanol–water partition coefficient (Wildman–Crippen LogP) is 4.25. The molecule has 1 aromatic heterocycles. The number of carbonyl (C=O) groups is 1. The van der Waals surface area contributed by atoms with Crippen LogP contribution in [0.2, 0.25) is 0 Å². The summed E-state index contributed by atoms with van der Waals surface area (Å²) in [6.45, 7) is 2.13. The Labute approximate surface area is 169 Å². The SMILES string of the molecule is Cc1ccc(C2=NN(C(=O)CNc3ccc(C#N)cc3)C(c3ccco3)C2)cc1. The van der Waals surface area contributed by atoms with Crippen molar-refractivity contribution in [2.45, 2.75) is 19.4 Å². The molecule has 0 aliphatic carbocycles. The van der Waals surface area contributed by atoms with Gasteiger partial charge in [-0.2, -0.15) is 10.4 Å². The Morgan fingerprint density at radius 3 is 2.62 bits per heavy atom. The molecule has 4 rings (SSSR count). The third kappa shape index (κ3) is 4.04. The number of nitrogens with one attached hydrogen (secondary N) is 1. The fourth-order valence-corrected chi connectivity index (χ4v) is 3.28. The van der Waals surface area contributed by atoms with E-state index in [0.717, 1.165) is 17.0 Å². The monoisotopic (exact) mass is 384 g/mol. The molecule has 3 aromatic rings. The van der Waals surface area contributed by atoms with Crippen LogP contribution < -0.4 is 5.32 Å². The van der Waals surface area contributed by atoms with Crippen LogP contribution in [0.25, 0.3) is 0 Å². The first kappa shape index (κ1) is 18.5. The van der Waals surface area contributed by atoms with Crippen LogP contribution in [0.3, 0.4) is 0 Å². The number of hydrogen-bond acceptors (Lipinski definition) is 5. The number of nitrogens with zero attached hydrogens (tertiary/aromatic N) is 3. The van der Waals surface area contributed by atoms with Crippen LogP contribution in [0.5, 0.6) is 0 Å². The number of benzene rings is 2. The fourth-order valence-electron chi connectivity index (χ4n) is 3.28. The minimum absolute atomic E-state index is 0.0911. The van der Waals surface area contributed by atoms with Crippen LogP contribution >= 0.6 is 0 Å². The third-order valence-electron chi connectivity index (χ3n) is 4.88. The highest BCUT2D eigenvalue weighted by atomic mass is 16.3. The number of hydrazone groups is 1. The van der Waals surface area contributed by atoms with E-state index in [1.54, 1.807) is 30.5 Å². The summed E-state index contributed by atoms with van der Waals surface area (Å²) in [6.07, 6.45) is 2.20. The molecule has 29 heavy (non-hydrogen) atoms. The van der Waals surface area contributed by atoms with Crippen molar-refractivity contribution in [1.29, 1.82) is 5.26 Å². The van der Waals surface area contributed by atoms with Crippen molar-refractivity contribution in [3.8, 4) is 6.07 Å². The van der Waals surface area contributed by atoms with Gasteiger partial charge in [-0.15, -0.1) is 0 Å². The van der Waals surface area contributed by atoms with E-state index in [9.17, 15) is 4.79 Å². The molecule has 0 spiro atoms. The molecule has 6 nitrogen and oxygen atoms in total. The lowest BCUT2D eigenvalue weighted by atomic mass is 10.0. The third-order valence-corrected chi connectivity index (χ3v) is 4.88. The highest BCUT2D eigenvalue weighted by molar-refractivity contribution is 6.03. The second-order valence-corrected chi connectivity index (χ2v) is 6.93. The highest BCUT2D eigenvalue weighted by Crippen LogP contribution is 2.33. The Hall–Kier alpha value is -3.85. The van der Waals surface area contributed by atoms with Crippen molar-refractivity contribution < 1.29 is 9.21 Å². The first-order chi connectivity index (χ1) is 14.1. The molecule has 1 atom stereocenters. The first-order valence-electron chi connectivity index (χ1n) is 9.38. The van der Waals surface area contributed by atoms with Crippen LogP contribution in [-0.4, -0.2) is 23.2 Å². The summed E-state index contributed by atoms with van der Waals surface area (Å²) in [5, 5.41) is 18.1. The van der Waals surface area contributed by atoms with E-state index in [-0.39, 0.29) is 18.5 Å². The number of furan rings is 1. The summed E-state index contributed by atoms with van der Waals surface area (Å²) in [4.78, 5) is 12.9. The maximum absolute atomic E-state index is 12.9. The lowest BCUT2D eigenvalue weighted by molar-refractivity contribution is -0.131. The van der Waals surface area contributed by atoms with E-state index < -0.39 is 0 Å². The van der Waals surface area contributed by atoms with Gasteiger partial charge in [0.15, 0.2) is 0 Å². The van der Waals surface area contributed by atoms with Gasteiger partial charge in [-0.05, 0) is 48.9 Å². The Kier molecular flexibility index (Phi) is 5.12. The van der Waals surface area contributed by atoms with E-state index in [0.29, 0.717) is 17.7 Å². The van der Waals surface area contributed by atoms with Crippen molar-refractivity contribution in [3.63, 3.8) is 0 Å². The van der Waals surface area contributed by atoms with Crippen molar-refractivity contribution in [1.82, 2.24) is 5.01 Å². The lowest BCUT2D eigenvalue weighted by Crippen LogP contribution is -2.32. The van der Waals surface area contributed by atoms with Gasteiger partial charge >= 0.3 is 0 Å². The normalized spacial score (nSPS) is 15.7. The van der Waals surface area contributed by atoms with Crippen LogP contribution in [0.15, 0.2) is 76.4 Å². The molecule has 0 fully saturated rings. The molecule has 0 bridgehead atoms. The van der Waals surface area contributed by atoms with Gasteiger partial charge in [0, 0.05) is 12.1 Å². The Balaban J connectivity index is 1.53. The zero-order valence-corrected chi connectivity index (χ0v) is 16.0. The van der Waals surface area contributed by atoms with Gasteiger partial charge in [-0.3, -0.25) is 4.79 Å². The van der Waals surface area contributed by atoms with Gasteiger partial charge in [0.1, 0.15) is 11.8 Å². The second kappa shape index (κ2) is 8.03. The zero-order valence-electron chi connectivity index (χ0n) is 16.0.